The Morgan fingerprint density at radius 3 is 2.75 bits per heavy atom. The van der Waals surface area contributed by atoms with E-state index in [9.17, 15) is 9.59 Å². The van der Waals surface area contributed by atoms with E-state index < -0.39 is 0 Å². The molecule has 0 aliphatic carbocycles. The van der Waals surface area contributed by atoms with Gasteiger partial charge in [0.05, 0.1) is 12.5 Å². The van der Waals surface area contributed by atoms with E-state index in [4.69, 9.17) is 5.73 Å². The SMILES string of the molecule is CCCN1CCN(CC(N)=O)C[C@H](Cc2ccccc2-c2cccnc2)C1=O. The minimum atomic E-state index is -0.356. The molecule has 2 heterocycles. The summed E-state index contributed by atoms with van der Waals surface area (Å²) in [6, 6.07) is 12.1. The van der Waals surface area contributed by atoms with Gasteiger partial charge in [0.1, 0.15) is 0 Å². The third-order valence-electron chi connectivity index (χ3n) is 5.15. The van der Waals surface area contributed by atoms with Gasteiger partial charge in [0.2, 0.25) is 11.8 Å². The summed E-state index contributed by atoms with van der Waals surface area (Å²) in [6.07, 6.45) is 5.14. The molecule has 0 radical (unpaired) electrons. The van der Waals surface area contributed by atoms with E-state index in [0.29, 0.717) is 26.1 Å². The van der Waals surface area contributed by atoms with Crippen LogP contribution in [0.5, 0.6) is 0 Å². The number of aromatic nitrogens is 1. The van der Waals surface area contributed by atoms with E-state index in [-0.39, 0.29) is 24.3 Å². The van der Waals surface area contributed by atoms with Crippen molar-refractivity contribution in [2.45, 2.75) is 19.8 Å². The number of primary amides is 1. The third kappa shape index (κ3) is 4.95. The van der Waals surface area contributed by atoms with E-state index in [2.05, 4.69) is 24.0 Å². The fourth-order valence-corrected chi connectivity index (χ4v) is 3.89. The van der Waals surface area contributed by atoms with Gasteiger partial charge in [0.15, 0.2) is 0 Å². The molecule has 0 spiro atoms. The largest absolute Gasteiger partial charge is 0.369 e. The quantitative estimate of drug-likeness (QED) is 0.796. The molecule has 1 aromatic heterocycles. The molecule has 1 aliphatic heterocycles. The van der Waals surface area contributed by atoms with E-state index in [1.807, 2.05) is 40.3 Å². The number of hydrogen-bond acceptors (Lipinski definition) is 4. The monoisotopic (exact) mass is 380 g/mol. The van der Waals surface area contributed by atoms with Crippen LogP contribution in [0.2, 0.25) is 0 Å². The fraction of sp³-hybridized carbons (Fsp3) is 0.409. The highest BCUT2D eigenvalue weighted by molar-refractivity contribution is 5.81. The molecule has 1 fully saturated rings. The molecule has 1 aromatic carbocycles. The topological polar surface area (TPSA) is 79.5 Å². The van der Waals surface area contributed by atoms with Crippen LogP contribution in [-0.4, -0.2) is 59.3 Å². The van der Waals surface area contributed by atoms with Crippen molar-refractivity contribution >= 4 is 11.8 Å². The average Bonchev–Trinajstić information content (AvgIpc) is 2.83. The molecular formula is C22H28N4O2. The highest BCUT2D eigenvalue weighted by Gasteiger charge is 2.31. The Bertz CT molecular complexity index is 809. The third-order valence-corrected chi connectivity index (χ3v) is 5.15. The van der Waals surface area contributed by atoms with Crippen molar-refractivity contribution in [3.63, 3.8) is 0 Å². The maximum absolute atomic E-state index is 13.2. The smallest absolute Gasteiger partial charge is 0.231 e. The lowest BCUT2D eigenvalue weighted by atomic mass is 9.91. The summed E-state index contributed by atoms with van der Waals surface area (Å²) < 4.78 is 0. The molecule has 2 aromatic rings. The average molecular weight is 380 g/mol. The summed E-state index contributed by atoms with van der Waals surface area (Å²) in [6.45, 7) is 4.86. The van der Waals surface area contributed by atoms with Crippen molar-refractivity contribution in [1.82, 2.24) is 14.8 Å². The van der Waals surface area contributed by atoms with Gasteiger partial charge in [0.25, 0.3) is 0 Å². The number of nitrogens with two attached hydrogens (primary N) is 1. The van der Waals surface area contributed by atoms with Crippen LogP contribution in [0.1, 0.15) is 18.9 Å². The Labute approximate surface area is 166 Å². The number of amides is 2. The van der Waals surface area contributed by atoms with Crippen molar-refractivity contribution in [2.75, 3.05) is 32.7 Å². The number of carbonyl (C=O) groups excluding carboxylic acids is 2. The second-order valence-electron chi connectivity index (χ2n) is 7.33. The van der Waals surface area contributed by atoms with Crippen LogP contribution in [0.3, 0.4) is 0 Å². The summed E-state index contributed by atoms with van der Waals surface area (Å²) >= 11 is 0. The Kier molecular flexibility index (Phi) is 6.76. The molecule has 148 valence electrons. The van der Waals surface area contributed by atoms with Gasteiger partial charge in [-0.3, -0.25) is 19.5 Å². The second-order valence-corrected chi connectivity index (χ2v) is 7.33. The predicted octanol–water partition coefficient (Wildman–Crippen LogP) is 1.95. The first kappa shape index (κ1) is 20.0. The summed E-state index contributed by atoms with van der Waals surface area (Å²) in [5, 5.41) is 0. The molecule has 0 bridgehead atoms. The normalized spacial score (nSPS) is 18.1. The first-order valence-corrected chi connectivity index (χ1v) is 9.86. The van der Waals surface area contributed by atoms with Gasteiger partial charge in [-0.2, -0.15) is 0 Å². The molecule has 6 nitrogen and oxygen atoms in total. The minimum absolute atomic E-state index is 0.162. The molecule has 1 atom stereocenters. The Hall–Kier alpha value is -2.73. The molecule has 2 N–H and O–H groups in total. The van der Waals surface area contributed by atoms with E-state index in [0.717, 1.165) is 29.7 Å². The van der Waals surface area contributed by atoms with Gasteiger partial charge in [-0.25, -0.2) is 0 Å². The highest BCUT2D eigenvalue weighted by Crippen LogP contribution is 2.26. The molecule has 1 aliphatic rings. The lowest BCUT2D eigenvalue weighted by Gasteiger charge is -2.24. The minimum Gasteiger partial charge on any atom is -0.369 e. The van der Waals surface area contributed by atoms with Crippen molar-refractivity contribution in [3.8, 4) is 11.1 Å². The van der Waals surface area contributed by atoms with Crippen molar-refractivity contribution in [3.05, 3.63) is 54.4 Å². The molecule has 6 heteroatoms. The van der Waals surface area contributed by atoms with Crippen molar-refractivity contribution in [2.24, 2.45) is 11.7 Å². The van der Waals surface area contributed by atoms with Gasteiger partial charge in [-0.15, -0.1) is 0 Å². The number of hydrogen-bond donors (Lipinski definition) is 1. The highest BCUT2D eigenvalue weighted by atomic mass is 16.2. The van der Waals surface area contributed by atoms with Gasteiger partial charge >= 0.3 is 0 Å². The second kappa shape index (κ2) is 9.46. The molecular weight excluding hydrogens is 352 g/mol. The first-order valence-electron chi connectivity index (χ1n) is 9.86. The van der Waals surface area contributed by atoms with Crippen molar-refractivity contribution in [1.29, 1.82) is 0 Å². The molecule has 0 saturated carbocycles. The number of benzene rings is 1. The van der Waals surface area contributed by atoms with Gasteiger partial charge < -0.3 is 10.6 Å². The van der Waals surface area contributed by atoms with Crippen LogP contribution in [0.25, 0.3) is 11.1 Å². The van der Waals surface area contributed by atoms with E-state index in [1.165, 1.54) is 0 Å². The predicted molar refractivity (Wildman–Crippen MR) is 109 cm³/mol. The zero-order valence-electron chi connectivity index (χ0n) is 16.4. The number of carbonyl (C=O) groups is 2. The summed E-state index contributed by atoms with van der Waals surface area (Å²) in [5.41, 5.74) is 8.67. The Morgan fingerprint density at radius 2 is 2.04 bits per heavy atom. The van der Waals surface area contributed by atoms with Crippen LogP contribution in [0.15, 0.2) is 48.8 Å². The lowest BCUT2D eigenvalue weighted by Crippen LogP contribution is -2.38. The molecule has 0 unspecified atom stereocenters. The van der Waals surface area contributed by atoms with E-state index in [1.54, 1.807) is 6.20 Å². The van der Waals surface area contributed by atoms with Gasteiger partial charge in [-0.05, 0) is 30.0 Å². The maximum atomic E-state index is 13.2. The summed E-state index contributed by atoms with van der Waals surface area (Å²) in [5.74, 6) is -0.396. The number of pyridine rings is 1. The zero-order chi connectivity index (χ0) is 19.9. The van der Waals surface area contributed by atoms with Gasteiger partial charge in [-0.1, -0.05) is 37.3 Å². The van der Waals surface area contributed by atoms with Crippen molar-refractivity contribution < 1.29 is 9.59 Å². The van der Waals surface area contributed by atoms with Crippen LogP contribution in [0.4, 0.5) is 0 Å². The Morgan fingerprint density at radius 1 is 1.21 bits per heavy atom. The molecule has 3 rings (SSSR count). The summed E-state index contributed by atoms with van der Waals surface area (Å²) in [4.78, 5) is 32.8. The zero-order valence-corrected chi connectivity index (χ0v) is 16.4. The molecule has 1 saturated heterocycles. The summed E-state index contributed by atoms with van der Waals surface area (Å²) in [7, 11) is 0. The van der Waals surface area contributed by atoms with Crippen LogP contribution in [-0.2, 0) is 16.0 Å². The number of nitrogens with zero attached hydrogens (tertiary/aromatic N) is 3. The van der Waals surface area contributed by atoms with E-state index >= 15 is 0 Å². The maximum Gasteiger partial charge on any atom is 0.231 e. The first-order chi connectivity index (χ1) is 13.6. The van der Waals surface area contributed by atoms with Crippen LogP contribution < -0.4 is 5.73 Å². The molecule has 2 amide bonds. The van der Waals surface area contributed by atoms with Gasteiger partial charge in [0, 0.05) is 44.1 Å². The number of rotatable bonds is 7. The fourth-order valence-electron chi connectivity index (χ4n) is 3.89. The standard InChI is InChI=1S/C22H28N4O2/c1-2-10-26-12-11-25(16-21(23)27)15-19(22(26)28)13-17-6-3-4-8-20(17)18-7-5-9-24-14-18/h3-9,14,19H,2,10-13,15-16H2,1H3,(H2,23,27)/t19-/m0/s1. The van der Waals surface area contributed by atoms with Crippen LogP contribution >= 0.6 is 0 Å². The molecule has 28 heavy (non-hydrogen) atoms. The lowest BCUT2D eigenvalue weighted by molar-refractivity contribution is -0.134. The Balaban J connectivity index is 1.87. The van der Waals surface area contributed by atoms with Crippen LogP contribution in [0, 0.1) is 5.92 Å².